The lowest BCUT2D eigenvalue weighted by atomic mass is 10.0. The molecule has 0 spiro atoms. The van der Waals surface area contributed by atoms with E-state index in [-0.39, 0.29) is 43.6 Å². The van der Waals surface area contributed by atoms with Gasteiger partial charge in [0.05, 0.1) is 15.2 Å². The summed E-state index contributed by atoms with van der Waals surface area (Å²) in [5, 5.41) is 5.62. The molecule has 224 valence electrons. The molecule has 10 nitrogen and oxygen atoms in total. The molecular formula is C28H31ClF2N6O4S. The highest BCUT2D eigenvalue weighted by Crippen LogP contribution is 2.42. The van der Waals surface area contributed by atoms with Crippen molar-refractivity contribution in [2.75, 3.05) is 30.4 Å². The molecule has 0 aliphatic rings. The van der Waals surface area contributed by atoms with Crippen LogP contribution in [0.3, 0.4) is 0 Å². The number of alkyl carbamates (subject to hydrolysis) is 1. The van der Waals surface area contributed by atoms with Gasteiger partial charge in [0, 0.05) is 36.7 Å². The number of anilines is 2. The Morgan fingerprint density at radius 3 is 2.36 bits per heavy atom. The van der Waals surface area contributed by atoms with Crippen LogP contribution in [0.2, 0.25) is 5.02 Å². The third kappa shape index (κ3) is 7.13. The number of aromatic nitrogens is 3. The maximum Gasteiger partial charge on any atom is 0.413 e. The molecule has 0 aliphatic carbocycles. The van der Waals surface area contributed by atoms with Crippen LogP contribution in [-0.2, 0) is 9.47 Å². The lowest BCUT2D eigenvalue weighted by Gasteiger charge is -2.22. The van der Waals surface area contributed by atoms with E-state index in [2.05, 4.69) is 25.6 Å². The molecule has 0 atom stereocenters. The van der Waals surface area contributed by atoms with E-state index in [4.69, 9.17) is 21.1 Å². The second-order valence-electron chi connectivity index (χ2n) is 11.4. The van der Waals surface area contributed by atoms with E-state index >= 15 is 4.39 Å². The maximum absolute atomic E-state index is 16.1. The van der Waals surface area contributed by atoms with E-state index in [0.29, 0.717) is 17.7 Å². The summed E-state index contributed by atoms with van der Waals surface area (Å²) in [5.41, 5.74) is -1.07. The molecule has 0 fully saturated rings. The summed E-state index contributed by atoms with van der Waals surface area (Å²) in [6.45, 7) is 11.0. The van der Waals surface area contributed by atoms with Gasteiger partial charge in [-0.3, -0.25) is 5.32 Å². The van der Waals surface area contributed by atoms with Gasteiger partial charge in [-0.25, -0.2) is 33.3 Å². The van der Waals surface area contributed by atoms with Gasteiger partial charge in [0.2, 0.25) is 0 Å². The van der Waals surface area contributed by atoms with E-state index in [1.165, 1.54) is 24.5 Å². The summed E-state index contributed by atoms with van der Waals surface area (Å²) in [7, 11) is 1.73. The Balaban J connectivity index is 1.67. The van der Waals surface area contributed by atoms with Crippen molar-refractivity contribution >= 4 is 67.2 Å². The number of carbonyl (C=O) groups is 2. The van der Waals surface area contributed by atoms with E-state index in [1.807, 2.05) is 0 Å². The lowest BCUT2D eigenvalue weighted by molar-refractivity contribution is 0.0528. The van der Waals surface area contributed by atoms with Gasteiger partial charge in [-0.05, 0) is 59.7 Å². The summed E-state index contributed by atoms with van der Waals surface area (Å²) in [6, 6.07) is 4.09. The number of likely N-dealkylation sites (N-methyl/N-ethyl adjacent to an activating group) is 1. The fourth-order valence-electron chi connectivity index (χ4n) is 4.03. The van der Waals surface area contributed by atoms with Crippen molar-refractivity contribution in [2.24, 2.45) is 0 Å². The van der Waals surface area contributed by atoms with Crippen LogP contribution in [0, 0.1) is 11.6 Å². The molecule has 2 heterocycles. The first-order chi connectivity index (χ1) is 19.5. The molecule has 0 bridgehead atoms. The maximum atomic E-state index is 16.1. The lowest BCUT2D eigenvalue weighted by Crippen LogP contribution is -2.37. The first kappa shape index (κ1) is 31.1. The van der Waals surface area contributed by atoms with Crippen molar-refractivity contribution in [3.05, 3.63) is 41.2 Å². The van der Waals surface area contributed by atoms with Crippen LogP contribution < -0.4 is 15.5 Å². The molecule has 0 saturated carbocycles. The van der Waals surface area contributed by atoms with Crippen molar-refractivity contribution < 1.29 is 27.8 Å². The van der Waals surface area contributed by atoms with E-state index < -0.39 is 35.0 Å². The minimum atomic E-state index is -0.756. The molecule has 2 aromatic carbocycles. The number of benzene rings is 2. The number of hydrogen-bond donors (Lipinski definition) is 2. The molecule has 4 aromatic rings. The average molecular weight is 621 g/mol. The third-order valence-corrected chi connectivity index (χ3v) is 6.93. The van der Waals surface area contributed by atoms with Crippen LogP contribution in [0.1, 0.15) is 41.5 Å². The second-order valence-corrected chi connectivity index (χ2v) is 12.8. The van der Waals surface area contributed by atoms with E-state index in [0.717, 1.165) is 11.3 Å². The average Bonchev–Trinajstić information content (AvgIpc) is 3.27. The molecular weight excluding hydrogens is 590 g/mol. The standard InChI is InChI=1S/C28H31ClF2N6O4S/c1-27(2,3)40-25(38)32-10-11-37(7)23-15-12-16(29)18(19(31)20(15)33-13-34-23)14-8-9-17(30)22-21(14)35-24(42-22)36-26(39)41-28(4,5)6/h8-9,12-13H,10-11H2,1-7H3,(H,32,38)(H,35,36,39). The molecule has 0 unspecified atom stereocenters. The molecule has 2 aromatic heterocycles. The predicted octanol–water partition coefficient (Wildman–Crippen LogP) is 7.15. The van der Waals surface area contributed by atoms with Crippen LogP contribution in [0.15, 0.2) is 24.5 Å². The summed E-state index contributed by atoms with van der Waals surface area (Å²) >= 11 is 7.52. The number of halogens is 3. The largest absolute Gasteiger partial charge is 0.444 e. The third-order valence-electron chi connectivity index (χ3n) is 5.65. The molecule has 14 heteroatoms. The smallest absolute Gasteiger partial charge is 0.413 e. The zero-order valence-electron chi connectivity index (χ0n) is 24.2. The van der Waals surface area contributed by atoms with Gasteiger partial charge < -0.3 is 19.7 Å². The zero-order chi connectivity index (χ0) is 31.0. The van der Waals surface area contributed by atoms with Crippen molar-refractivity contribution in [3.8, 4) is 11.1 Å². The number of ether oxygens (including phenoxy) is 2. The highest BCUT2D eigenvalue weighted by atomic mass is 35.5. The number of amides is 2. The van der Waals surface area contributed by atoms with Gasteiger partial charge in [0.15, 0.2) is 10.9 Å². The van der Waals surface area contributed by atoms with Crippen molar-refractivity contribution in [1.82, 2.24) is 20.3 Å². The number of thiazole rings is 1. The highest BCUT2D eigenvalue weighted by molar-refractivity contribution is 7.22. The number of nitrogens with zero attached hydrogens (tertiary/aromatic N) is 4. The number of nitrogens with one attached hydrogen (secondary N) is 2. The summed E-state index contributed by atoms with van der Waals surface area (Å²) in [6.07, 6.45) is -0.0883. The van der Waals surface area contributed by atoms with Crippen LogP contribution in [0.25, 0.3) is 32.2 Å². The molecule has 0 saturated heterocycles. The second kappa shape index (κ2) is 11.8. The zero-order valence-corrected chi connectivity index (χ0v) is 25.8. The van der Waals surface area contributed by atoms with Crippen molar-refractivity contribution in [2.45, 2.75) is 52.7 Å². The molecule has 2 N–H and O–H groups in total. The van der Waals surface area contributed by atoms with Crippen LogP contribution in [0.5, 0.6) is 0 Å². The fraction of sp³-hybridized carbons (Fsp3) is 0.393. The SMILES string of the molecule is CN(CCNC(=O)OC(C)(C)C)c1ncnc2c(F)c(-c3ccc(F)c4sc(NC(=O)OC(C)(C)C)nc34)c(Cl)cc12. The van der Waals surface area contributed by atoms with Crippen LogP contribution in [-0.4, -0.2) is 58.5 Å². The quantitative estimate of drug-likeness (QED) is 0.233. The van der Waals surface area contributed by atoms with E-state index in [9.17, 15) is 14.0 Å². The Labute approximate surface area is 250 Å². The Kier molecular flexibility index (Phi) is 8.74. The van der Waals surface area contributed by atoms with Gasteiger partial charge >= 0.3 is 12.2 Å². The molecule has 4 rings (SSSR count). The van der Waals surface area contributed by atoms with Crippen molar-refractivity contribution in [3.63, 3.8) is 0 Å². The van der Waals surface area contributed by atoms with Gasteiger partial charge in [-0.15, -0.1) is 0 Å². The Hall–Kier alpha value is -3.84. The molecule has 0 aliphatic heterocycles. The van der Waals surface area contributed by atoms with Gasteiger partial charge in [0.1, 0.15) is 34.7 Å². The summed E-state index contributed by atoms with van der Waals surface area (Å²) in [4.78, 5) is 38.8. The molecule has 0 radical (unpaired) electrons. The van der Waals surface area contributed by atoms with Gasteiger partial charge in [-0.2, -0.15) is 0 Å². The normalized spacial score (nSPS) is 12.0. The first-order valence-electron chi connectivity index (χ1n) is 12.9. The van der Waals surface area contributed by atoms with Crippen LogP contribution in [0.4, 0.5) is 29.3 Å². The Bertz CT molecular complexity index is 1670. The summed E-state index contributed by atoms with van der Waals surface area (Å²) in [5.74, 6) is -0.948. The summed E-state index contributed by atoms with van der Waals surface area (Å²) < 4.78 is 41.5. The van der Waals surface area contributed by atoms with Gasteiger partial charge in [-0.1, -0.05) is 22.9 Å². The highest BCUT2D eigenvalue weighted by Gasteiger charge is 2.24. The number of rotatable bonds is 6. The van der Waals surface area contributed by atoms with E-state index in [1.54, 1.807) is 53.5 Å². The minimum absolute atomic E-state index is 0.00819. The number of hydrogen-bond acceptors (Lipinski definition) is 9. The topological polar surface area (TPSA) is 119 Å². The Morgan fingerprint density at radius 1 is 1.02 bits per heavy atom. The minimum Gasteiger partial charge on any atom is -0.444 e. The number of fused-ring (bicyclic) bond motifs is 2. The first-order valence-corrected chi connectivity index (χ1v) is 14.1. The predicted molar refractivity (Wildman–Crippen MR) is 160 cm³/mol. The van der Waals surface area contributed by atoms with Gasteiger partial charge in [0.25, 0.3) is 0 Å². The van der Waals surface area contributed by atoms with Crippen molar-refractivity contribution in [1.29, 1.82) is 0 Å². The molecule has 2 amide bonds. The fourth-order valence-corrected chi connectivity index (χ4v) is 5.21. The Morgan fingerprint density at radius 2 is 1.69 bits per heavy atom. The number of carbonyl (C=O) groups excluding carboxylic acids is 2. The molecule has 42 heavy (non-hydrogen) atoms. The van der Waals surface area contributed by atoms with Crippen LogP contribution >= 0.6 is 22.9 Å². The monoisotopic (exact) mass is 620 g/mol.